The number of pyridine rings is 1. The number of fused-ring (bicyclic) bond motifs is 1. The zero-order valence-electron chi connectivity index (χ0n) is 19.1. The fourth-order valence-corrected chi connectivity index (χ4v) is 4.24. The fourth-order valence-electron chi connectivity index (χ4n) is 4.24. The van der Waals surface area contributed by atoms with Crippen LogP contribution in [0.5, 0.6) is 0 Å². The average molecular weight is 470 g/mol. The maximum atomic E-state index is 14.0. The van der Waals surface area contributed by atoms with E-state index in [2.05, 4.69) is 39.4 Å². The molecule has 34 heavy (non-hydrogen) atoms. The van der Waals surface area contributed by atoms with Crippen LogP contribution in [0.2, 0.25) is 0 Å². The van der Waals surface area contributed by atoms with Crippen LogP contribution in [0.1, 0.15) is 32.7 Å². The molecule has 0 saturated carbocycles. The van der Waals surface area contributed by atoms with Crippen molar-refractivity contribution in [3.8, 4) is 0 Å². The lowest BCUT2D eigenvalue weighted by molar-refractivity contribution is 0.0612. The number of nitrogens with one attached hydrogen (secondary N) is 2. The second-order valence-electron chi connectivity index (χ2n) is 8.68. The lowest BCUT2D eigenvalue weighted by Gasteiger charge is -2.32. The van der Waals surface area contributed by atoms with Gasteiger partial charge in [0.15, 0.2) is 5.82 Å². The number of carbonyl (C=O) groups is 1. The van der Waals surface area contributed by atoms with Crippen molar-refractivity contribution < 1.29 is 14.3 Å². The van der Waals surface area contributed by atoms with Crippen molar-refractivity contribution in [2.75, 3.05) is 41.3 Å². The topological polar surface area (TPSA) is 124 Å². The van der Waals surface area contributed by atoms with E-state index in [-0.39, 0.29) is 18.6 Å². The van der Waals surface area contributed by atoms with E-state index in [4.69, 9.17) is 5.10 Å². The molecule has 0 radical (unpaired) electrons. The van der Waals surface area contributed by atoms with Crippen LogP contribution in [0, 0.1) is 0 Å². The summed E-state index contributed by atoms with van der Waals surface area (Å²) in [4.78, 5) is 28.9. The van der Waals surface area contributed by atoms with E-state index < -0.39 is 12.3 Å². The minimum absolute atomic E-state index is 0.0514. The largest absolute Gasteiger partial charge is 0.390 e. The Balaban J connectivity index is 1.44. The molecule has 2 aliphatic rings. The van der Waals surface area contributed by atoms with Crippen molar-refractivity contribution in [1.82, 2.24) is 30.0 Å². The third-order valence-electron chi connectivity index (χ3n) is 6.38. The summed E-state index contributed by atoms with van der Waals surface area (Å²) >= 11 is 0. The fraction of sp³-hybridized carbons (Fsp3) is 0.500. The zero-order chi connectivity index (χ0) is 23.8. The maximum Gasteiger partial charge on any atom is 0.323 e. The SMILES string of the molecule is CCC(C)n1nc(N2CCNC2=O)c2cnc(Nc3ccnc(N4CC[C@H](O)[C@H](F)C4)n3)cc21. The van der Waals surface area contributed by atoms with Gasteiger partial charge < -0.3 is 20.6 Å². The van der Waals surface area contributed by atoms with Crippen molar-refractivity contribution in [3.63, 3.8) is 0 Å². The highest BCUT2D eigenvalue weighted by Crippen LogP contribution is 2.31. The number of aliphatic hydroxyl groups is 1. The highest BCUT2D eigenvalue weighted by molar-refractivity contribution is 6.02. The van der Waals surface area contributed by atoms with Gasteiger partial charge in [-0.25, -0.2) is 19.2 Å². The Morgan fingerprint density at radius 2 is 2.18 bits per heavy atom. The van der Waals surface area contributed by atoms with Crippen molar-refractivity contribution in [2.45, 2.75) is 45.0 Å². The third kappa shape index (κ3) is 4.09. The van der Waals surface area contributed by atoms with Crippen LogP contribution >= 0.6 is 0 Å². The third-order valence-corrected chi connectivity index (χ3v) is 6.38. The Morgan fingerprint density at radius 3 is 2.91 bits per heavy atom. The molecule has 0 aromatic carbocycles. The highest BCUT2D eigenvalue weighted by Gasteiger charge is 2.29. The predicted molar refractivity (Wildman–Crippen MR) is 126 cm³/mol. The van der Waals surface area contributed by atoms with Gasteiger partial charge in [0.1, 0.15) is 17.8 Å². The highest BCUT2D eigenvalue weighted by atomic mass is 19.1. The van der Waals surface area contributed by atoms with Crippen LogP contribution in [-0.4, -0.2) is 74.3 Å². The standard InChI is InChI=1S/C22H28FN9O2/c1-3-13(2)32-16-10-19(26-11-14(16)20(29-32)31-9-7-25-22(31)34)27-18-4-6-24-21(28-18)30-8-5-17(33)15(23)12-30/h4,6,10-11,13,15,17,33H,3,5,7-9,12H2,1-2H3,(H,25,34)(H,24,26,27,28)/t13?,15-,17+/m1/s1. The number of carbonyl (C=O) groups excluding carboxylic acids is 1. The van der Waals surface area contributed by atoms with Crippen LogP contribution < -0.4 is 20.4 Å². The Morgan fingerprint density at radius 1 is 1.32 bits per heavy atom. The van der Waals surface area contributed by atoms with Gasteiger partial charge in [-0.15, -0.1) is 0 Å². The van der Waals surface area contributed by atoms with E-state index in [1.165, 1.54) is 0 Å². The number of anilines is 4. The molecule has 3 N–H and O–H groups in total. The molecule has 3 aromatic rings. The number of alkyl halides is 1. The average Bonchev–Trinajstić information content (AvgIpc) is 3.43. The van der Waals surface area contributed by atoms with Crippen molar-refractivity contribution >= 4 is 40.3 Å². The first kappa shape index (κ1) is 22.3. The van der Waals surface area contributed by atoms with Gasteiger partial charge in [-0.3, -0.25) is 9.58 Å². The van der Waals surface area contributed by atoms with E-state index >= 15 is 0 Å². The monoisotopic (exact) mass is 469 g/mol. The second kappa shape index (κ2) is 9.01. The minimum atomic E-state index is -1.33. The van der Waals surface area contributed by atoms with Gasteiger partial charge in [-0.05, 0) is 25.8 Å². The summed E-state index contributed by atoms with van der Waals surface area (Å²) in [5, 5.41) is 21.2. The molecule has 5 heterocycles. The smallest absolute Gasteiger partial charge is 0.323 e. The first-order chi connectivity index (χ1) is 16.4. The van der Waals surface area contributed by atoms with Gasteiger partial charge in [0.2, 0.25) is 5.95 Å². The quantitative estimate of drug-likeness (QED) is 0.503. The summed E-state index contributed by atoms with van der Waals surface area (Å²) in [5.41, 5.74) is 0.862. The van der Waals surface area contributed by atoms with Crippen molar-refractivity contribution in [1.29, 1.82) is 0 Å². The molecule has 3 atom stereocenters. The summed E-state index contributed by atoms with van der Waals surface area (Å²) in [6.07, 6.45) is 2.26. The Bertz CT molecular complexity index is 1200. The van der Waals surface area contributed by atoms with Crippen LogP contribution in [-0.2, 0) is 0 Å². The molecule has 11 nitrogen and oxygen atoms in total. The molecule has 0 aliphatic carbocycles. The lowest BCUT2D eigenvalue weighted by Crippen LogP contribution is -2.45. The summed E-state index contributed by atoms with van der Waals surface area (Å²) < 4.78 is 15.9. The Hall–Kier alpha value is -3.54. The van der Waals surface area contributed by atoms with Gasteiger partial charge in [-0.1, -0.05) is 6.92 Å². The number of halogens is 1. The van der Waals surface area contributed by atoms with E-state index in [9.17, 15) is 14.3 Å². The molecular weight excluding hydrogens is 441 g/mol. The molecule has 5 rings (SSSR count). The normalized spacial score (nSPS) is 21.7. The van der Waals surface area contributed by atoms with E-state index in [0.717, 1.165) is 17.3 Å². The number of amides is 2. The number of aliphatic hydroxyl groups excluding tert-OH is 1. The summed E-state index contributed by atoms with van der Waals surface area (Å²) in [5.74, 6) is 2.08. The van der Waals surface area contributed by atoms with Gasteiger partial charge in [0.05, 0.1) is 23.6 Å². The predicted octanol–water partition coefficient (Wildman–Crippen LogP) is 2.37. The number of piperidine rings is 1. The van der Waals surface area contributed by atoms with E-state index in [0.29, 0.717) is 49.5 Å². The van der Waals surface area contributed by atoms with E-state index in [1.807, 2.05) is 10.7 Å². The van der Waals surface area contributed by atoms with Gasteiger partial charge in [0, 0.05) is 44.1 Å². The molecule has 1 unspecified atom stereocenters. The molecular formula is C22H28FN9O2. The Labute approximate surface area is 196 Å². The van der Waals surface area contributed by atoms with Crippen molar-refractivity contribution in [2.24, 2.45) is 0 Å². The first-order valence-corrected chi connectivity index (χ1v) is 11.6. The van der Waals surface area contributed by atoms with Crippen LogP contribution in [0.3, 0.4) is 0 Å². The number of hydrogen-bond acceptors (Lipinski definition) is 8. The molecule has 2 saturated heterocycles. The molecule has 0 bridgehead atoms. The van der Waals surface area contributed by atoms with Crippen molar-refractivity contribution in [3.05, 3.63) is 24.5 Å². The number of nitrogens with zero attached hydrogens (tertiary/aromatic N) is 7. The van der Waals surface area contributed by atoms with Crippen LogP contribution in [0.4, 0.5) is 32.6 Å². The zero-order valence-corrected chi connectivity index (χ0v) is 19.1. The van der Waals surface area contributed by atoms with Gasteiger partial charge in [0.25, 0.3) is 0 Å². The molecule has 0 spiro atoms. The number of hydrogen-bond donors (Lipinski definition) is 3. The second-order valence-corrected chi connectivity index (χ2v) is 8.68. The number of urea groups is 1. The van der Waals surface area contributed by atoms with Gasteiger partial charge in [-0.2, -0.15) is 10.1 Å². The summed E-state index contributed by atoms with van der Waals surface area (Å²) in [7, 11) is 0. The molecule has 3 aromatic heterocycles. The number of aromatic nitrogens is 5. The van der Waals surface area contributed by atoms with Crippen LogP contribution in [0.25, 0.3) is 10.9 Å². The minimum Gasteiger partial charge on any atom is -0.390 e. The molecule has 2 amide bonds. The maximum absolute atomic E-state index is 14.0. The molecule has 2 fully saturated rings. The lowest BCUT2D eigenvalue weighted by atomic mass is 10.1. The first-order valence-electron chi connectivity index (χ1n) is 11.6. The van der Waals surface area contributed by atoms with Crippen LogP contribution in [0.15, 0.2) is 24.5 Å². The summed E-state index contributed by atoms with van der Waals surface area (Å²) in [6.45, 7) is 5.84. The number of rotatable bonds is 6. The van der Waals surface area contributed by atoms with Gasteiger partial charge >= 0.3 is 6.03 Å². The summed E-state index contributed by atoms with van der Waals surface area (Å²) in [6, 6.07) is 3.58. The molecule has 2 aliphatic heterocycles. The van der Waals surface area contributed by atoms with E-state index in [1.54, 1.807) is 28.3 Å². The molecule has 180 valence electrons. The Kier molecular flexibility index (Phi) is 5.90. The molecule has 12 heteroatoms.